The number of nitrogens with zero attached hydrogens (tertiary/aromatic N) is 1. The highest BCUT2D eigenvalue weighted by Crippen LogP contribution is 2.47. The van der Waals surface area contributed by atoms with Crippen molar-refractivity contribution in [2.75, 3.05) is 0 Å². The van der Waals surface area contributed by atoms with Gasteiger partial charge in [0.25, 0.3) is 0 Å². The number of aryl methyl sites for hydroxylation is 3. The second kappa shape index (κ2) is 15.0. The fourth-order valence-corrected chi connectivity index (χ4v) is 9.56. The monoisotopic (exact) mass is 779 g/mol. The van der Waals surface area contributed by atoms with Crippen molar-refractivity contribution in [3.63, 3.8) is 0 Å². The van der Waals surface area contributed by atoms with Crippen LogP contribution in [0.25, 0.3) is 110 Å². The molecule has 0 aliphatic carbocycles. The average Bonchev–Trinajstić information content (AvgIpc) is 3.64. The summed E-state index contributed by atoms with van der Waals surface area (Å²) in [6, 6.07) is 76.9. The molecule has 290 valence electrons. The smallest absolute Gasteiger partial charge is 0.0491 e. The summed E-state index contributed by atoms with van der Waals surface area (Å²) in [6.45, 7) is 7.47. The van der Waals surface area contributed by atoms with Crippen LogP contribution in [0.2, 0.25) is 0 Å². The Kier molecular flexibility index (Phi) is 8.98. The van der Waals surface area contributed by atoms with E-state index in [0.717, 1.165) is 6.54 Å². The van der Waals surface area contributed by atoms with E-state index in [1.165, 1.54) is 121 Å². The van der Waals surface area contributed by atoms with Gasteiger partial charge in [-0.3, -0.25) is 0 Å². The number of aromatic nitrogens is 1. The van der Waals surface area contributed by atoms with Crippen LogP contribution >= 0.6 is 0 Å². The normalized spacial score (nSPS) is 11.6. The molecular weight excluding hydrogens is 735 g/mol. The Balaban J connectivity index is 1.14. The van der Waals surface area contributed by atoms with Crippen molar-refractivity contribution < 1.29 is 0 Å². The van der Waals surface area contributed by atoms with Crippen LogP contribution in [0.5, 0.6) is 0 Å². The van der Waals surface area contributed by atoms with Crippen LogP contribution in [0.3, 0.4) is 0 Å². The molecule has 0 bridgehead atoms. The predicted octanol–water partition coefficient (Wildman–Crippen LogP) is 16.7. The molecular formula is C60H45N. The van der Waals surface area contributed by atoms with Gasteiger partial charge in [-0.15, -0.1) is 0 Å². The molecule has 10 aromatic carbocycles. The van der Waals surface area contributed by atoms with Gasteiger partial charge in [0, 0.05) is 28.4 Å². The quantitative estimate of drug-likeness (QED) is 0.142. The number of hydrogen-bond donors (Lipinski definition) is 0. The summed E-state index contributed by atoms with van der Waals surface area (Å²) in [5.74, 6) is 0. The minimum Gasteiger partial charge on any atom is -0.341 e. The largest absolute Gasteiger partial charge is 0.341 e. The second-order valence-electron chi connectivity index (χ2n) is 16.5. The molecule has 0 radical (unpaired) electrons. The summed E-state index contributed by atoms with van der Waals surface area (Å²) >= 11 is 0. The fraction of sp³-hybridized carbons (Fsp3) is 0.0667. The molecule has 61 heavy (non-hydrogen) atoms. The Hall–Kier alpha value is -7.48. The van der Waals surface area contributed by atoms with Gasteiger partial charge in [0.05, 0.1) is 0 Å². The van der Waals surface area contributed by atoms with Crippen LogP contribution in [-0.4, -0.2) is 4.57 Å². The third kappa shape index (κ3) is 6.42. The molecule has 0 aliphatic rings. The first-order valence-electron chi connectivity index (χ1n) is 21.5. The molecule has 1 aromatic heterocycles. The summed E-state index contributed by atoms with van der Waals surface area (Å²) in [5, 5.41) is 7.59. The van der Waals surface area contributed by atoms with Crippen LogP contribution in [0.15, 0.2) is 206 Å². The highest BCUT2D eigenvalue weighted by Gasteiger charge is 2.19. The maximum absolute atomic E-state index is 2.43. The first-order chi connectivity index (χ1) is 30.0. The van der Waals surface area contributed by atoms with Gasteiger partial charge >= 0.3 is 0 Å². The van der Waals surface area contributed by atoms with Crippen LogP contribution < -0.4 is 0 Å². The Morgan fingerprint density at radius 1 is 0.279 bits per heavy atom. The molecule has 0 aliphatic heterocycles. The molecule has 1 heterocycles. The van der Waals surface area contributed by atoms with Crippen molar-refractivity contribution in [2.45, 2.75) is 27.3 Å². The highest BCUT2D eigenvalue weighted by atomic mass is 15.0. The molecule has 0 unspecified atom stereocenters. The molecule has 0 saturated heterocycles. The average molecular weight is 780 g/mol. The van der Waals surface area contributed by atoms with Gasteiger partial charge in [-0.05, 0) is 139 Å². The van der Waals surface area contributed by atoms with Crippen molar-refractivity contribution in [3.8, 4) is 66.8 Å². The minimum atomic E-state index is 0.940. The van der Waals surface area contributed by atoms with Gasteiger partial charge in [-0.2, -0.15) is 0 Å². The maximum Gasteiger partial charge on any atom is 0.0491 e. The molecule has 1 heteroatoms. The highest BCUT2D eigenvalue weighted by molar-refractivity contribution is 6.22. The summed E-state index contributed by atoms with van der Waals surface area (Å²) in [6.07, 6.45) is 0. The first-order valence-corrected chi connectivity index (χ1v) is 21.5. The molecule has 0 atom stereocenters. The van der Waals surface area contributed by atoms with Crippen molar-refractivity contribution in [3.05, 3.63) is 217 Å². The number of rotatable bonds is 7. The predicted molar refractivity (Wildman–Crippen MR) is 262 cm³/mol. The third-order valence-corrected chi connectivity index (χ3v) is 12.8. The lowest BCUT2D eigenvalue weighted by molar-refractivity contribution is 0.827. The Morgan fingerprint density at radius 2 is 0.639 bits per heavy atom. The number of hydrogen-bond acceptors (Lipinski definition) is 0. The molecule has 0 N–H and O–H groups in total. The second-order valence-corrected chi connectivity index (χ2v) is 16.5. The first kappa shape index (κ1) is 36.6. The fourth-order valence-electron chi connectivity index (χ4n) is 9.56. The van der Waals surface area contributed by atoms with Crippen LogP contribution in [0.4, 0.5) is 0 Å². The lowest BCUT2D eigenvalue weighted by Crippen LogP contribution is -1.93. The van der Waals surface area contributed by atoms with Crippen LogP contribution in [0.1, 0.15) is 18.1 Å². The van der Waals surface area contributed by atoms with E-state index >= 15 is 0 Å². The summed E-state index contributed by atoms with van der Waals surface area (Å²) in [4.78, 5) is 0. The molecule has 0 fully saturated rings. The van der Waals surface area contributed by atoms with E-state index in [4.69, 9.17) is 0 Å². The van der Waals surface area contributed by atoms with E-state index in [1.807, 2.05) is 0 Å². The Morgan fingerprint density at radius 3 is 1.15 bits per heavy atom. The maximum atomic E-state index is 2.43. The zero-order valence-corrected chi connectivity index (χ0v) is 34.8. The van der Waals surface area contributed by atoms with E-state index in [0.29, 0.717) is 0 Å². The van der Waals surface area contributed by atoms with E-state index in [9.17, 15) is 0 Å². The van der Waals surface area contributed by atoms with Gasteiger partial charge in [0.15, 0.2) is 0 Å². The summed E-state index contributed by atoms with van der Waals surface area (Å²) in [5.41, 5.74) is 19.8. The van der Waals surface area contributed by atoms with Gasteiger partial charge < -0.3 is 4.57 Å². The summed E-state index contributed by atoms with van der Waals surface area (Å²) < 4.78 is 2.42. The standard InChI is InChI=1S/C60H45N/c1-4-61-57-13-9-8-12-51(57)54-36-50(32-35-58(54)61)45-24-28-47(29-25-45)60-53-34-31-48(43-18-14-39(2)15-19-43)37-55(53)59(46-26-22-42(23-27-46)41-10-6-5-7-11-41)52-33-30-49(38-56(52)60)44-20-16-40(3)17-21-44/h5-38H,4H2,1-3H3. The van der Waals surface area contributed by atoms with Crippen molar-refractivity contribution in [1.82, 2.24) is 4.57 Å². The van der Waals surface area contributed by atoms with Crippen LogP contribution in [0, 0.1) is 13.8 Å². The van der Waals surface area contributed by atoms with Gasteiger partial charge in [0.2, 0.25) is 0 Å². The number of fused-ring (bicyclic) bond motifs is 5. The van der Waals surface area contributed by atoms with E-state index in [-0.39, 0.29) is 0 Å². The topological polar surface area (TPSA) is 4.93 Å². The Bertz CT molecular complexity index is 3410. The molecule has 0 amide bonds. The minimum absolute atomic E-state index is 0.940. The molecule has 11 rings (SSSR count). The number of benzene rings is 10. The SMILES string of the molecule is CCn1c2ccccc2c2cc(-c3ccc(-c4c5ccc(-c6ccc(C)cc6)cc5c(-c5ccc(-c6ccccc6)cc5)c5ccc(-c6ccc(C)cc6)cc45)cc3)ccc21. The van der Waals surface area contributed by atoms with Crippen molar-refractivity contribution >= 4 is 43.4 Å². The van der Waals surface area contributed by atoms with Crippen molar-refractivity contribution in [2.24, 2.45) is 0 Å². The third-order valence-electron chi connectivity index (χ3n) is 12.8. The van der Waals surface area contributed by atoms with Gasteiger partial charge in [-0.1, -0.05) is 187 Å². The van der Waals surface area contributed by atoms with E-state index in [2.05, 4.69) is 232 Å². The Labute approximate surface area is 357 Å². The summed E-state index contributed by atoms with van der Waals surface area (Å²) in [7, 11) is 0. The zero-order valence-electron chi connectivity index (χ0n) is 34.8. The molecule has 11 aromatic rings. The van der Waals surface area contributed by atoms with Crippen LogP contribution in [-0.2, 0) is 6.54 Å². The molecule has 0 spiro atoms. The van der Waals surface area contributed by atoms with Crippen molar-refractivity contribution in [1.29, 1.82) is 0 Å². The lowest BCUT2D eigenvalue weighted by atomic mass is 9.83. The van der Waals surface area contributed by atoms with Gasteiger partial charge in [-0.25, -0.2) is 0 Å². The van der Waals surface area contributed by atoms with E-state index in [1.54, 1.807) is 0 Å². The molecule has 0 saturated carbocycles. The zero-order chi connectivity index (χ0) is 41.0. The van der Waals surface area contributed by atoms with Gasteiger partial charge in [0.1, 0.15) is 0 Å². The molecule has 1 nitrogen and oxygen atoms in total. The van der Waals surface area contributed by atoms with E-state index < -0.39 is 0 Å². The lowest BCUT2D eigenvalue weighted by Gasteiger charge is -2.20. The number of para-hydroxylation sites is 1.